The summed E-state index contributed by atoms with van der Waals surface area (Å²) in [6.07, 6.45) is 5.20. The summed E-state index contributed by atoms with van der Waals surface area (Å²) in [6.45, 7) is 10.3. The van der Waals surface area contributed by atoms with Gasteiger partial charge in [-0.25, -0.2) is 0 Å². The highest BCUT2D eigenvalue weighted by atomic mass is 14.9. The van der Waals surface area contributed by atoms with E-state index >= 15 is 0 Å². The van der Waals surface area contributed by atoms with Gasteiger partial charge in [-0.1, -0.05) is 77.3 Å². The third-order valence-corrected chi connectivity index (χ3v) is 4.12. The fourth-order valence-electron chi connectivity index (χ4n) is 2.23. The van der Waals surface area contributed by atoms with Crippen LogP contribution in [0.5, 0.6) is 0 Å². The molecule has 1 N–H and O–H groups in total. The van der Waals surface area contributed by atoms with Crippen molar-refractivity contribution in [3.63, 3.8) is 0 Å². The molecule has 0 spiro atoms. The van der Waals surface area contributed by atoms with Crippen LogP contribution in [-0.4, -0.2) is 6.54 Å². The first-order valence-corrected chi connectivity index (χ1v) is 7.93. The van der Waals surface area contributed by atoms with E-state index in [9.17, 15) is 0 Å². The van der Waals surface area contributed by atoms with E-state index in [4.69, 9.17) is 0 Å². The first kappa shape index (κ1) is 16.2. The van der Waals surface area contributed by atoms with Crippen molar-refractivity contribution in [1.29, 1.82) is 0 Å². The van der Waals surface area contributed by atoms with Gasteiger partial charge in [-0.3, -0.25) is 0 Å². The minimum Gasteiger partial charge on any atom is -0.310 e. The Labute approximate surface area is 119 Å². The zero-order valence-corrected chi connectivity index (χ0v) is 13.2. The summed E-state index contributed by atoms with van der Waals surface area (Å²) in [5, 5.41) is 3.78. The van der Waals surface area contributed by atoms with E-state index in [1.54, 1.807) is 0 Å². The van der Waals surface area contributed by atoms with E-state index in [0.29, 0.717) is 6.04 Å². The lowest BCUT2D eigenvalue weighted by Gasteiger charge is -2.23. The summed E-state index contributed by atoms with van der Waals surface area (Å²) >= 11 is 0. The Balaban J connectivity index is 2.54. The van der Waals surface area contributed by atoms with Gasteiger partial charge in [0.15, 0.2) is 0 Å². The standard InChI is InChI=1S/C18H31N/c1-5-6-8-13-18(17-11-9-7-10-12-17)19-14-16(4)15(2)3/h7,9-12,15-16,18-19H,5-6,8,13-14H2,1-4H3. The van der Waals surface area contributed by atoms with Gasteiger partial charge in [-0.15, -0.1) is 0 Å². The van der Waals surface area contributed by atoms with Crippen molar-refractivity contribution in [2.24, 2.45) is 11.8 Å². The van der Waals surface area contributed by atoms with E-state index in [1.165, 1.54) is 31.2 Å². The zero-order valence-electron chi connectivity index (χ0n) is 13.2. The molecule has 1 rings (SSSR count). The van der Waals surface area contributed by atoms with Crippen LogP contribution in [0.1, 0.15) is 65.0 Å². The van der Waals surface area contributed by atoms with Crippen molar-refractivity contribution in [3.05, 3.63) is 35.9 Å². The molecular weight excluding hydrogens is 230 g/mol. The molecule has 0 heterocycles. The SMILES string of the molecule is CCCCCC(NCC(C)C(C)C)c1ccccc1. The van der Waals surface area contributed by atoms with Gasteiger partial charge < -0.3 is 5.32 Å². The molecule has 0 aliphatic carbocycles. The smallest absolute Gasteiger partial charge is 0.0320 e. The van der Waals surface area contributed by atoms with E-state index in [0.717, 1.165) is 18.4 Å². The maximum Gasteiger partial charge on any atom is 0.0320 e. The molecule has 0 aliphatic heterocycles. The Morgan fingerprint density at radius 3 is 2.26 bits per heavy atom. The fraction of sp³-hybridized carbons (Fsp3) is 0.667. The van der Waals surface area contributed by atoms with Crippen LogP contribution in [0.2, 0.25) is 0 Å². The Hall–Kier alpha value is -0.820. The zero-order chi connectivity index (χ0) is 14.1. The molecule has 108 valence electrons. The summed E-state index contributed by atoms with van der Waals surface area (Å²) in [4.78, 5) is 0. The Kier molecular flexibility index (Phi) is 7.81. The van der Waals surface area contributed by atoms with Crippen LogP contribution in [0.15, 0.2) is 30.3 Å². The normalized spacial score (nSPS) is 14.6. The third kappa shape index (κ3) is 6.24. The number of rotatable bonds is 9. The minimum absolute atomic E-state index is 0.522. The highest BCUT2D eigenvalue weighted by Crippen LogP contribution is 2.20. The van der Waals surface area contributed by atoms with Crippen LogP contribution in [-0.2, 0) is 0 Å². The van der Waals surface area contributed by atoms with E-state index in [-0.39, 0.29) is 0 Å². The molecule has 0 radical (unpaired) electrons. The van der Waals surface area contributed by atoms with Crippen LogP contribution in [0.25, 0.3) is 0 Å². The highest BCUT2D eigenvalue weighted by molar-refractivity contribution is 5.18. The van der Waals surface area contributed by atoms with Crippen LogP contribution >= 0.6 is 0 Å². The van der Waals surface area contributed by atoms with Gasteiger partial charge >= 0.3 is 0 Å². The summed E-state index contributed by atoms with van der Waals surface area (Å²) in [5.41, 5.74) is 1.44. The maximum atomic E-state index is 3.78. The molecule has 1 nitrogen and oxygen atoms in total. The van der Waals surface area contributed by atoms with Crippen LogP contribution in [0.3, 0.4) is 0 Å². The summed E-state index contributed by atoms with van der Waals surface area (Å²) in [5.74, 6) is 1.48. The second-order valence-electron chi connectivity index (χ2n) is 6.09. The molecule has 1 aromatic carbocycles. The number of nitrogens with one attached hydrogen (secondary N) is 1. The monoisotopic (exact) mass is 261 g/mol. The summed E-state index contributed by atoms with van der Waals surface area (Å²) in [6, 6.07) is 11.4. The predicted molar refractivity (Wildman–Crippen MR) is 85.3 cm³/mol. The van der Waals surface area contributed by atoms with Crippen molar-refractivity contribution in [1.82, 2.24) is 5.32 Å². The molecule has 19 heavy (non-hydrogen) atoms. The molecule has 0 aromatic heterocycles. The number of benzene rings is 1. The van der Waals surface area contributed by atoms with Gasteiger partial charge in [0, 0.05) is 6.04 Å². The molecule has 2 unspecified atom stereocenters. The molecule has 0 fully saturated rings. The van der Waals surface area contributed by atoms with E-state index < -0.39 is 0 Å². The molecule has 0 saturated carbocycles. The topological polar surface area (TPSA) is 12.0 Å². The van der Waals surface area contributed by atoms with Crippen molar-refractivity contribution < 1.29 is 0 Å². The fourth-order valence-corrected chi connectivity index (χ4v) is 2.23. The molecule has 0 bridgehead atoms. The summed E-state index contributed by atoms with van der Waals surface area (Å²) in [7, 11) is 0. The molecule has 2 atom stereocenters. The maximum absolute atomic E-state index is 3.78. The number of hydrogen-bond acceptors (Lipinski definition) is 1. The predicted octanol–water partition coefficient (Wildman–Crippen LogP) is 5.19. The summed E-state index contributed by atoms with van der Waals surface area (Å²) < 4.78 is 0. The second kappa shape index (κ2) is 9.14. The van der Waals surface area contributed by atoms with Gasteiger partial charge in [-0.05, 0) is 30.4 Å². The van der Waals surface area contributed by atoms with Crippen molar-refractivity contribution in [2.45, 2.75) is 59.4 Å². The minimum atomic E-state index is 0.522. The molecule has 1 heteroatoms. The Morgan fingerprint density at radius 2 is 1.68 bits per heavy atom. The molecule has 0 saturated heterocycles. The largest absolute Gasteiger partial charge is 0.310 e. The Morgan fingerprint density at radius 1 is 1.00 bits per heavy atom. The molecule has 1 aromatic rings. The number of unbranched alkanes of at least 4 members (excludes halogenated alkanes) is 2. The molecule has 0 amide bonds. The van der Waals surface area contributed by atoms with Crippen molar-refractivity contribution in [3.8, 4) is 0 Å². The highest BCUT2D eigenvalue weighted by Gasteiger charge is 2.13. The third-order valence-electron chi connectivity index (χ3n) is 4.12. The van der Waals surface area contributed by atoms with Crippen LogP contribution < -0.4 is 5.32 Å². The van der Waals surface area contributed by atoms with Crippen molar-refractivity contribution in [2.75, 3.05) is 6.54 Å². The second-order valence-corrected chi connectivity index (χ2v) is 6.09. The van der Waals surface area contributed by atoms with Gasteiger partial charge in [0.25, 0.3) is 0 Å². The van der Waals surface area contributed by atoms with Crippen molar-refractivity contribution >= 4 is 0 Å². The average Bonchev–Trinajstić information content (AvgIpc) is 2.43. The number of hydrogen-bond donors (Lipinski definition) is 1. The molecular formula is C18H31N. The quantitative estimate of drug-likeness (QED) is 0.603. The molecule has 0 aliphatic rings. The van der Waals surface area contributed by atoms with Gasteiger partial charge in [0.05, 0.1) is 0 Å². The van der Waals surface area contributed by atoms with Gasteiger partial charge in [0.1, 0.15) is 0 Å². The lowest BCUT2D eigenvalue weighted by atomic mass is 9.96. The van der Waals surface area contributed by atoms with E-state index in [2.05, 4.69) is 63.3 Å². The first-order valence-electron chi connectivity index (χ1n) is 7.93. The van der Waals surface area contributed by atoms with Gasteiger partial charge in [-0.2, -0.15) is 0 Å². The lowest BCUT2D eigenvalue weighted by Crippen LogP contribution is -2.28. The van der Waals surface area contributed by atoms with Crippen LogP contribution in [0, 0.1) is 11.8 Å². The lowest BCUT2D eigenvalue weighted by molar-refractivity contribution is 0.358. The van der Waals surface area contributed by atoms with E-state index in [1.807, 2.05) is 0 Å². The van der Waals surface area contributed by atoms with Gasteiger partial charge in [0.2, 0.25) is 0 Å². The van der Waals surface area contributed by atoms with Crippen LogP contribution in [0.4, 0.5) is 0 Å². The average molecular weight is 261 g/mol. The Bertz CT molecular complexity index is 318. The first-order chi connectivity index (χ1) is 9.15.